The Hall–Kier alpha value is -4.92. The Kier molecular flexibility index (Phi) is 7.10. The van der Waals surface area contributed by atoms with E-state index in [9.17, 15) is 19.5 Å². The highest BCUT2D eigenvalue weighted by atomic mass is 16.5. The highest BCUT2D eigenvalue weighted by Crippen LogP contribution is 2.37. The summed E-state index contributed by atoms with van der Waals surface area (Å²) >= 11 is 0. The molecule has 0 radical (unpaired) electrons. The number of aromatic hydroxyl groups is 1. The Bertz CT molecular complexity index is 1450. The number of hydrogen-bond donors (Lipinski definition) is 3. The number of ether oxygens (including phenoxy) is 2. The van der Waals surface area contributed by atoms with Gasteiger partial charge in [0, 0.05) is 16.5 Å². The van der Waals surface area contributed by atoms with Crippen molar-refractivity contribution in [2.24, 2.45) is 0 Å². The Morgan fingerprint density at radius 2 is 1.61 bits per heavy atom. The number of hydrogen-bond acceptors (Lipinski definition) is 7. The van der Waals surface area contributed by atoms with Gasteiger partial charge < -0.3 is 25.0 Å². The average molecular weight is 486 g/mol. The Labute approximate surface area is 205 Å². The lowest BCUT2D eigenvalue weighted by molar-refractivity contribution is -0.135. The molecule has 0 spiro atoms. The summed E-state index contributed by atoms with van der Waals surface area (Å²) in [5.41, 5.74) is 0.672. The van der Waals surface area contributed by atoms with Crippen molar-refractivity contribution in [1.29, 1.82) is 0 Å². The van der Waals surface area contributed by atoms with Crippen molar-refractivity contribution in [3.05, 3.63) is 89.6 Å². The summed E-state index contributed by atoms with van der Waals surface area (Å²) in [6, 6.07) is 20.4. The zero-order chi connectivity index (χ0) is 25.7. The quantitative estimate of drug-likeness (QED) is 0.300. The minimum Gasteiger partial charge on any atom is -0.505 e. The zero-order valence-electron chi connectivity index (χ0n) is 19.2. The number of benzene rings is 3. The molecule has 0 saturated carbocycles. The second kappa shape index (κ2) is 10.6. The summed E-state index contributed by atoms with van der Waals surface area (Å²) in [7, 11) is 0. The van der Waals surface area contributed by atoms with Crippen LogP contribution in [0.4, 0.5) is 0 Å². The van der Waals surface area contributed by atoms with Gasteiger partial charge in [0.2, 0.25) is 5.88 Å². The molecular weight excluding hydrogens is 464 g/mol. The normalized spacial score (nSPS) is 10.6. The summed E-state index contributed by atoms with van der Waals surface area (Å²) in [6.07, 6.45) is 0. The van der Waals surface area contributed by atoms with E-state index in [1.54, 1.807) is 67.6 Å². The molecule has 182 valence electrons. The van der Waals surface area contributed by atoms with Crippen LogP contribution in [0, 0.1) is 0 Å². The second-order valence-corrected chi connectivity index (χ2v) is 7.66. The number of carbonyl (C=O) groups is 3. The summed E-state index contributed by atoms with van der Waals surface area (Å²) in [4.78, 5) is 40.0. The third-order valence-corrected chi connectivity index (χ3v) is 5.18. The molecule has 0 bridgehead atoms. The maximum Gasteiger partial charge on any atom is 0.322 e. The molecule has 0 unspecified atom stereocenters. The van der Waals surface area contributed by atoms with Crippen LogP contribution in [0.5, 0.6) is 23.1 Å². The maximum atomic E-state index is 12.8. The molecule has 1 heterocycles. The second-order valence-electron chi connectivity index (χ2n) is 7.66. The summed E-state index contributed by atoms with van der Waals surface area (Å²) < 4.78 is 11.5. The standard InChI is InChI=1S/C27H22N2O7/c1-2-35-27-21-14-19(11-12-20(21)25(33)23(29-27)26(34)28-15-22(30)31)36-18-10-6-9-17(13-18)24(32)16-7-4-3-5-8-16/h3-14,33H,2,15H2,1H3,(H,28,34)(H,30,31). The minimum atomic E-state index is -1.23. The number of rotatable bonds is 9. The Balaban J connectivity index is 1.66. The van der Waals surface area contributed by atoms with Crippen molar-refractivity contribution in [3.63, 3.8) is 0 Å². The van der Waals surface area contributed by atoms with E-state index in [0.29, 0.717) is 28.0 Å². The Morgan fingerprint density at radius 3 is 2.33 bits per heavy atom. The summed E-state index contributed by atoms with van der Waals surface area (Å²) in [5.74, 6) is -1.75. The van der Waals surface area contributed by atoms with Crippen molar-refractivity contribution < 1.29 is 34.1 Å². The predicted octanol–water partition coefficient (Wildman–Crippen LogP) is 4.18. The SMILES string of the molecule is CCOc1nc(C(=O)NCC(=O)O)c(O)c2ccc(Oc3cccc(C(=O)c4ccccc4)c3)cc12. The van der Waals surface area contributed by atoms with Gasteiger partial charge in [-0.2, -0.15) is 0 Å². The molecule has 1 aromatic heterocycles. The molecule has 3 N–H and O–H groups in total. The van der Waals surface area contributed by atoms with Gasteiger partial charge in [-0.1, -0.05) is 42.5 Å². The first-order chi connectivity index (χ1) is 17.4. The van der Waals surface area contributed by atoms with Gasteiger partial charge in [-0.15, -0.1) is 0 Å². The maximum absolute atomic E-state index is 12.8. The first-order valence-corrected chi connectivity index (χ1v) is 11.0. The van der Waals surface area contributed by atoms with Crippen LogP contribution in [0.2, 0.25) is 0 Å². The minimum absolute atomic E-state index is 0.0734. The number of ketones is 1. The number of carbonyl (C=O) groups excluding carboxylic acids is 2. The zero-order valence-corrected chi connectivity index (χ0v) is 19.2. The average Bonchev–Trinajstić information content (AvgIpc) is 2.89. The molecule has 0 saturated heterocycles. The lowest BCUT2D eigenvalue weighted by Gasteiger charge is -2.14. The molecular formula is C27H22N2O7. The number of pyridine rings is 1. The molecule has 0 fully saturated rings. The van der Waals surface area contributed by atoms with Gasteiger partial charge in [0.25, 0.3) is 5.91 Å². The summed E-state index contributed by atoms with van der Waals surface area (Å²) in [5, 5.41) is 22.3. The van der Waals surface area contributed by atoms with Crippen molar-refractivity contribution in [2.75, 3.05) is 13.2 Å². The fraction of sp³-hybridized carbons (Fsp3) is 0.111. The van der Waals surface area contributed by atoms with Crippen molar-refractivity contribution in [2.45, 2.75) is 6.92 Å². The van der Waals surface area contributed by atoms with Crippen LogP contribution in [0.25, 0.3) is 10.8 Å². The Morgan fingerprint density at radius 1 is 0.889 bits per heavy atom. The van der Waals surface area contributed by atoms with E-state index >= 15 is 0 Å². The van der Waals surface area contributed by atoms with Gasteiger partial charge in [-0.25, -0.2) is 4.98 Å². The van der Waals surface area contributed by atoms with Crippen LogP contribution in [0.15, 0.2) is 72.8 Å². The molecule has 4 rings (SSSR count). The number of carboxylic acids is 1. The lowest BCUT2D eigenvalue weighted by atomic mass is 10.0. The lowest BCUT2D eigenvalue weighted by Crippen LogP contribution is -2.30. The van der Waals surface area contributed by atoms with Gasteiger partial charge in [0.15, 0.2) is 17.2 Å². The largest absolute Gasteiger partial charge is 0.505 e. The van der Waals surface area contributed by atoms with E-state index in [4.69, 9.17) is 14.6 Å². The number of nitrogens with zero attached hydrogens (tertiary/aromatic N) is 1. The van der Waals surface area contributed by atoms with Gasteiger partial charge in [-0.05, 0) is 37.3 Å². The van der Waals surface area contributed by atoms with Crippen molar-refractivity contribution in [1.82, 2.24) is 10.3 Å². The molecule has 3 aromatic carbocycles. The fourth-order valence-corrected chi connectivity index (χ4v) is 3.55. The van der Waals surface area contributed by atoms with Crippen LogP contribution in [0.1, 0.15) is 33.3 Å². The molecule has 0 aliphatic carbocycles. The number of aromatic nitrogens is 1. The molecule has 0 aliphatic rings. The fourth-order valence-electron chi connectivity index (χ4n) is 3.55. The van der Waals surface area contributed by atoms with Gasteiger partial charge in [-0.3, -0.25) is 14.4 Å². The van der Waals surface area contributed by atoms with Crippen LogP contribution in [-0.4, -0.2) is 46.0 Å². The van der Waals surface area contributed by atoms with E-state index in [1.807, 2.05) is 6.07 Å². The van der Waals surface area contributed by atoms with Crippen molar-refractivity contribution in [3.8, 4) is 23.1 Å². The molecule has 9 heteroatoms. The third kappa shape index (κ3) is 5.25. The molecule has 0 aliphatic heterocycles. The van der Waals surface area contributed by atoms with Gasteiger partial charge in [0.1, 0.15) is 18.0 Å². The smallest absolute Gasteiger partial charge is 0.322 e. The number of aliphatic carboxylic acids is 1. The first kappa shape index (κ1) is 24.2. The highest BCUT2D eigenvalue weighted by Gasteiger charge is 2.21. The molecule has 1 amide bonds. The van der Waals surface area contributed by atoms with Gasteiger partial charge in [0.05, 0.1) is 12.0 Å². The van der Waals surface area contributed by atoms with E-state index < -0.39 is 24.2 Å². The van der Waals surface area contributed by atoms with Crippen LogP contribution in [-0.2, 0) is 4.79 Å². The van der Waals surface area contributed by atoms with Crippen LogP contribution < -0.4 is 14.8 Å². The first-order valence-electron chi connectivity index (χ1n) is 11.0. The summed E-state index contributed by atoms with van der Waals surface area (Å²) in [6.45, 7) is 1.35. The monoisotopic (exact) mass is 486 g/mol. The number of fused-ring (bicyclic) bond motifs is 1. The van der Waals surface area contributed by atoms with Crippen molar-refractivity contribution >= 4 is 28.4 Å². The van der Waals surface area contributed by atoms with E-state index in [0.717, 1.165) is 0 Å². The topological polar surface area (TPSA) is 135 Å². The molecule has 0 atom stereocenters. The third-order valence-electron chi connectivity index (χ3n) is 5.18. The highest BCUT2D eigenvalue weighted by molar-refractivity contribution is 6.09. The molecule has 36 heavy (non-hydrogen) atoms. The molecule has 9 nitrogen and oxygen atoms in total. The van der Waals surface area contributed by atoms with Gasteiger partial charge >= 0.3 is 5.97 Å². The van der Waals surface area contributed by atoms with Crippen LogP contribution in [0.3, 0.4) is 0 Å². The number of amides is 1. The van der Waals surface area contributed by atoms with E-state index in [-0.39, 0.29) is 29.4 Å². The van der Waals surface area contributed by atoms with E-state index in [2.05, 4.69) is 10.3 Å². The van der Waals surface area contributed by atoms with Crippen LogP contribution >= 0.6 is 0 Å². The number of nitrogens with one attached hydrogen (secondary N) is 1. The number of carboxylic acid groups (broad SMARTS) is 1. The predicted molar refractivity (Wildman–Crippen MR) is 131 cm³/mol. The molecule has 4 aromatic rings. The van der Waals surface area contributed by atoms with E-state index in [1.165, 1.54) is 6.07 Å².